The quantitative estimate of drug-likeness (QED) is 0.644. The summed E-state index contributed by atoms with van der Waals surface area (Å²) in [5, 5.41) is 3.21. The highest BCUT2D eigenvalue weighted by molar-refractivity contribution is 8.00. The predicted octanol–water partition coefficient (Wildman–Crippen LogP) is 3.53. The van der Waals surface area contributed by atoms with Gasteiger partial charge in [-0.25, -0.2) is 4.98 Å². The van der Waals surface area contributed by atoms with E-state index in [4.69, 9.17) is 0 Å². The van der Waals surface area contributed by atoms with Crippen LogP contribution in [0, 0.1) is 0 Å². The third-order valence-electron chi connectivity index (χ3n) is 5.22. The zero-order valence-electron chi connectivity index (χ0n) is 16.1. The minimum atomic E-state index is 0.0883. The molecule has 1 atom stereocenters. The molecule has 2 aromatic carbocycles. The predicted molar refractivity (Wildman–Crippen MR) is 115 cm³/mol. The molecule has 1 aliphatic heterocycles. The molecule has 0 saturated heterocycles. The van der Waals surface area contributed by atoms with Crippen molar-refractivity contribution >= 4 is 28.7 Å². The topological polar surface area (TPSA) is 61.0 Å². The number of carbonyl (C=O) groups excluding carboxylic acids is 1. The molecule has 1 aromatic heterocycles. The number of benzene rings is 2. The molecule has 0 fully saturated rings. The molecule has 146 valence electrons. The van der Waals surface area contributed by atoms with Gasteiger partial charge in [-0.1, -0.05) is 36.4 Å². The number of fused-ring (bicyclic) bond motifs is 2. The summed E-state index contributed by atoms with van der Waals surface area (Å²) in [7, 11) is 0. The molecule has 6 heteroatoms. The summed E-state index contributed by atoms with van der Waals surface area (Å²) in [6.07, 6.45) is 1.09. The van der Waals surface area contributed by atoms with Gasteiger partial charge in [-0.15, -0.1) is 11.8 Å². The van der Waals surface area contributed by atoms with Crippen LogP contribution in [0.15, 0.2) is 48.5 Å². The average molecular weight is 395 g/mol. The number of thioether (sulfide) groups is 1. The van der Waals surface area contributed by atoms with Crippen LogP contribution in [0.25, 0.3) is 11.0 Å². The fraction of sp³-hybridized carbons (Fsp3) is 0.364. The van der Waals surface area contributed by atoms with Gasteiger partial charge in [-0.3, -0.25) is 9.69 Å². The second-order valence-electron chi connectivity index (χ2n) is 7.24. The molecule has 1 aliphatic rings. The van der Waals surface area contributed by atoms with Crippen molar-refractivity contribution in [3.05, 3.63) is 65.5 Å². The van der Waals surface area contributed by atoms with Gasteiger partial charge < -0.3 is 10.3 Å². The summed E-state index contributed by atoms with van der Waals surface area (Å²) in [5.41, 5.74) is 4.88. The molecular weight excluding hydrogens is 368 g/mol. The van der Waals surface area contributed by atoms with E-state index in [1.807, 2.05) is 24.3 Å². The lowest BCUT2D eigenvalue weighted by atomic mass is 10.00. The largest absolute Gasteiger partial charge is 0.354 e. The molecule has 0 radical (unpaired) electrons. The number of imidazole rings is 1. The number of rotatable bonds is 7. The summed E-state index contributed by atoms with van der Waals surface area (Å²) < 4.78 is 0. The Kier molecular flexibility index (Phi) is 5.98. The van der Waals surface area contributed by atoms with Crippen molar-refractivity contribution in [3.8, 4) is 0 Å². The molecule has 1 unspecified atom stereocenters. The molecule has 4 rings (SSSR count). The van der Waals surface area contributed by atoms with Crippen molar-refractivity contribution in [1.29, 1.82) is 0 Å². The van der Waals surface area contributed by atoms with Crippen molar-refractivity contribution in [2.45, 2.75) is 25.1 Å². The van der Waals surface area contributed by atoms with Gasteiger partial charge >= 0.3 is 0 Å². The Morgan fingerprint density at radius 1 is 1.21 bits per heavy atom. The van der Waals surface area contributed by atoms with Crippen LogP contribution in [-0.2, 0) is 17.8 Å². The van der Waals surface area contributed by atoms with Crippen LogP contribution >= 0.6 is 11.8 Å². The molecule has 2 N–H and O–H groups in total. The number of aromatic nitrogens is 2. The number of hydrogen-bond donors (Lipinski definition) is 2. The van der Waals surface area contributed by atoms with Crippen LogP contribution in [-0.4, -0.2) is 46.2 Å². The van der Waals surface area contributed by atoms with Gasteiger partial charge in [0.15, 0.2) is 0 Å². The van der Waals surface area contributed by atoms with Crippen LogP contribution in [0.5, 0.6) is 0 Å². The Balaban J connectivity index is 1.19. The van der Waals surface area contributed by atoms with Crippen molar-refractivity contribution in [2.24, 2.45) is 0 Å². The molecule has 3 aromatic rings. The Morgan fingerprint density at radius 3 is 2.86 bits per heavy atom. The number of nitrogens with one attached hydrogen (secondary N) is 2. The maximum absolute atomic E-state index is 12.2. The lowest BCUT2D eigenvalue weighted by Crippen LogP contribution is -2.38. The van der Waals surface area contributed by atoms with E-state index in [9.17, 15) is 4.79 Å². The normalized spacial score (nSPS) is 15.3. The smallest absolute Gasteiger partial charge is 0.230 e. The number of carbonyl (C=O) groups is 1. The number of nitrogens with zero attached hydrogens (tertiary/aromatic N) is 2. The first-order valence-electron chi connectivity index (χ1n) is 9.81. The summed E-state index contributed by atoms with van der Waals surface area (Å²) in [4.78, 5) is 22.6. The molecular formula is C22H26N4OS. The highest BCUT2D eigenvalue weighted by Gasteiger charge is 2.16. The van der Waals surface area contributed by atoms with Crippen LogP contribution in [0.4, 0.5) is 0 Å². The van der Waals surface area contributed by atoms with Crippen molar-refractivity contribution in [2.75, 3.05) is 25.4 Å². The van der Waals surface area contributed by atoms with Gasteiger partial charge in [0, 0.05) is 26.2 Å². The van der Waals surface area contributed by atoms with E-state index < -0.39 is 0 Å². The lowest BCUT2D eigenvalue weighted by molar-refractivity contribution is -0.118. The fourth-order valence-electron chi connectivity index (χ4n) is 3.59. The van der Waals surface area contributed by atoms with Crippen molar-refractivity contribution in [3.63, 3.8) is 0 Å². The zero-order valence-corrected chi connectivity index (χ0v) is 17.0. The third kappa shape index (κ3) is 4.56. The maximum Gasteiger partial charge on any atom is 0.230 e. The lowest BCUT2D eigenvalue weighted by Gasteiger charge is -2.28. The van der Waals surface area contributed by atoms with Crippen LogP contribution in [0.3, 0.4) is 0 Å². The van der Waals surface area contributed by atoms with E-state index in [0.29, 0.717) is 12.3 Å². The van der Waals surface area contributed by atoms with Gasteiger partial charge in [0.2, 0.25) is 5.91 Å². The number of aromatic amines is 1. The first-order valence-corrected chi connectivity index (χ1v) is 10.9. The molecule has 1 amide bonds. The maximum atomic E-state index is 12.2. The van der Waals surface area contributed by atoms with Crippen LogP contribution < -0.4 is 5.32 Å². The van der Waals surface area contributed by atoms with Crippen LogP contribution in [0.2, 0.25) is 0 Å². The summed E-state index contributed by atoms with van der Waals surface area (Å²) in [6.45, 7) is 5.71. The summed E-state index contributed by atoms with van der Waals surface area (Å²) in [6, 6.07) is 16.6. The Bertz CT molecular complexity index is 921. The van der Waals surface area contributed by atoms with E-state index in [1.54, 1.807) is 11.8 Å². The number of hydrogen-bond acceptors (Lipinski definition) is 4. The van der Waals surface area contributed by atoms with E-state index in [0.717, 1.165) is 42.9 Å². The van der Waals surface area contributed by atoms with Gasteiger partial charge in [-0.05, 0) is 36.6 Å². The van der Waals surface area contributed by atoms with Crippen LogP contribution in [0.1, 0.15) is 29.1 Å². The monoisotopic (exact) mass is 394 g/mol. The second kappa shape index (κ2) is 8.80. The molecule has 0 aliphatic carbocycles. The molecule has 0 saturated carbocycles. The number of para-hydroxylation sites is 2. The van der Waals surface area contributed by atoms with Crippen molar-refractivity contribution < 1.29 is 4.79 Å². The van der Waals surface area contributed by atoms with Gasteiger partial charge in [-0.2, -0.15) is 0 Å². The summed E-state index contributed by atoms with van der Waals surface area (Å²) in [5.74, 6) is 1.46. The molecule has 0 spiro atoms. The number of amides is 1. The Labute approximate surface area is 169 Å². The highest BCUT2D eigenvalue weighted by atomic mass is 32.2. The fourth-order valence-corrected chi connectivity index (χ4v) is 4.37. The van der Waals surface area contributed by atoms with Gasteiger partial charge in [0.25, 0.3) is 0 Å². The zero-order chi connectivity index (χ0) is 19.3. The molecule has 5 nitrogen and oxygen atoms in total. The minimum absolute atomic E-state index is 0.0883. The molecule has 0 bridgehead atoms. The SMILES string of the molecule is CC(SCC(=O)NCCN1CCc2ccccc2C1)c1nc2ccccc2[nH]1. The third-order valence-corrected chi connectivity index (χ3v) is 6.37. The minimum Gasteiger partial charge on any atom is -0.354 e. The van der Waals surface area contributed by atoms with Crippen molar-refractivity contribution in [1.82, 2.24) is 20.2 Å². The Morgan fingerprint density at radius 2 is 2.00 bits per heavy atom. The first kappa shape index (κ1) is 19.0. The highest BCUT2D eigenvalue weighted by Crippen LogP contribution is 2.27. The second-order valence-corrected chi connectivity index (χ2v) is 8.57. The van der Waals surface area contributed by atoms with Gasteiger partial charge in [0.1, 0.15) is 5.82 Å². The Hall–Kier alpha value is -2.31. The number of H-pyrrole nitrogens is 1. The van der Waals surface area contributed by atoms with E-state index in [1.165, 1.54) is 11.1 Å². The van der Waals surface area contributed by atoms with E-state index >= 15 is 0 Å². The average Bonchev–Trinajstić information content (AvgIpc) is 3.16. The van der Waals surface area contributed by atoms with Gasteiger partial charge in [0.05, 0.1) is 22.0 Å². The molecule has 28 heavy (non-hydrogen) atoms. The molecule has 2 heterocycles. The van der Waals surface area contributed by atoms with E-state index in [2.05, 4.69) is 51.4 Å². The van der Waals surface area contributed by atoms with E-state index in [-0.39, 0.29) is 11.2 Å². The first-order chi connectivity index (χ1) is 13.7. The summed E-state index contributed by atoms with van der Waals surface area (Å²) >= 11 is 1.61. The standard InChI is InChI=1S/C22H26N4OS/c1-16(22-24-19-8-4-5-9-20(19)25-22)28-15-21(27)23-11-13-26-12-10-17-6-2-3-7-18(17)14-26/h2-9,16H,10-15H2,1H3,(H,23,27)(H,24,25).